The van der Waals surface area contributed by atoms with Crippen molar-refractivity contribution in [2.45, 2.75) is 98.4 Å². The second-order valence-corrected chi connectivity index (χ2v) is 10.0. The molecule has 0 radical (unpaired) electrons. The van der Waals surface area contributed by atoms with E-state index in [2.05, 4.69) is 34.3 Å². The molecule has 5 atom stereocenters. The van der Waals surface area contributed by atoms with Gasteiger partial charge in [-0.1, -0.05) is 39.3 Å². The van der Waals surface area contributed by atoms with Crippen LogP contribution in [0.25, 0.3) is 0 Å². The highest BCUT2D eigenvalue weighted by Crippen LogP contribution is 2.58. The molecule has 0 aromatic heterocycles. The zero-order chi connectivity index (χ0) is 22.2. The number of esters is 2. The third-order valence-electron chi connectivity index (χ3n) is 7.24. The highest BCUT2D eigenvalue weighted by atomic mass is 16.6. The van der Waals surface area contributed by atoms with Gasteiger partial charge in [-0.15, -0.1) is 6.58 Å². The summed E-state index contributed by atoms with van der Waals surface area (Å²) in [5.41, 5.74) is 1.00. The third kappa shape index (κ3) is 4.76. The summed E-state index contributed by atoms with van der Waals surface area (Å²) < 4.78 is 11.6. The van der Waals surface area contributed by atoms with Crippen LogP contribution in [0.5, 0.6) is 0 Å². The Kier molecular flexibility index (Phi) is 6.73. The van der Waals surface area contributed by atoms with Crippen molar-refractivity contribution in [3.05, 3.63) is 23.8 Å². The molecule has 0 aromatic carbocycles. The molecule has 0 heterocycles. The van der Waals surface area contributed by atoms with Crippen LogP contribution < -0.4 is 0 Å². The van der Waals surface area contributed by atoms with E-state index in [0.717, 1.165) is 31.3 Å². The molecule has 0 aromatic rings. The van der Waals surface area contributed by atoms with Gasteiger partial charge < -0.3 is 14.6 Å². The summed E-state index contributed by atoms with van der Waals surface area (Å²) in [4.78, 5) is 23.9. The lowest BCUT2D eigenvalue weighted by Gasteiger charge is -2.54. The van der Waals surface area contributed by atoms with Crippen LogP contribution in [-0.2, 0) is 19.1 Å². The molecule has 2 aliphatic rings. The van der Waals surface area contributed by atoms with E-state index in [1.54, 1.807) is 13.0 Å². The first-order valence-electron chi connectivity index (χ1n) is 10.7. The smallest absolute Gasteiger partial charge is 0.303 e. The summed E-state index contributed by atoms with van der Waals surface area (Å²) in [6.45, 7) is 16.9. The van der Waals surface area contributed by atoms with Gasteiger partial charge in [0.2, 0.25) is 0 Å². The van der Waals surface area contributed by atoms with E-state index in [1.165, 1.54) is 19.4 Å². The lowest BCUT2D eigenvalue weighted by molar-refractivity contribution is -0.174. The Morgan fingerprint density at radius 3 is 2.34 bits per heavy atom. The summed E-state index contributed by atoms with van der Waals surface area (Å²) >= 11 is 0. The fourth-order valence-electron chi connectivity index (χ4n) is 5.25. The summed E-state index contributed by atoms with van der Waals surface area (Å²) in [6.07, 6.45) is 4.74. The van der Waals surface area contributed by atoms with Gasteiger partial charge in [0.15, 0.2) is 6.10 Å². The van der Waals surface area contributed by atoms with Gasteiger partial charge in [0, 0.05) is 19.8 Å². The van der Waals surface area contributed by atoms with Crippen molar-refractivity contribution in [1.82, 2.24) is 0 Å². The number of allylic oxidation sites excluding steroid dienone is 1. The van der Waals surface area contributed by atoms with E-state index < -0.39 is 17.8 Å². The molecule has 29 heavy (non-hydrogen) atoms. The van der Waals surface area contributed by atoms with E-state index in [9.17, 15) is 14.7 Å². The number of carbonyl (C=O) groups is 2. The van der Waals surface area contributed by atoms with E-state index in [4.69, 9.17) is 9.47 Å². The molecule has 0 saturated heterocycles. The van der Waals surface area contributed by atoms with Gasteiger partial charge in [-0.05, 0) is 55.4 Å². The predicted octanol–water partition coefficient (Wildman–Crippen LogP) is 4.73. The molecule has 1 N–H and O–H groups in total. The summed E-state index contributed by atoms with van der Waals surface area (Å²) in [5, 5.41) is 10.5. The standard InChI is InChI=1S/C24H38O5/c1-9-23(7,27)13-14-24(8)15(2)20(28-16(3)25)21(29-17(4)26)19-18(24)11-10-12-22(19,5)6/h9,15,20-21,27H,1,10-14H2,2-8H3/t15-,20+,21-,23-,24+/m1/s1. The van der Waals surface area contributed by atoms with Crippen molar-refractivity contribution in [3.63, 3.8) is 0 Å². The van der Waals surface area contributed by atoms with Crippen molar-refractivity contribution in [1.29, 1.82) is 0 Å². The topological polar surface area (TPSA) is 72.8 Å². The molecule has 0 unspecified atom stereocenters. The maximum Gasteiger partial charge on any atom is 0.303 e. The average Bonchev–Trinajstić information content (AvgIpc) is 2.60. The van der Waals surface area contributed by atoms with Gasteiger partial charge in [0.05, 0.1) is 5.60 Å². The molecule has 0 amide bonds. The van der Waals surface area contributed by atoms with E-state index in [0.29, 0.717) is 6.42 Å². The highest BCUT2D eigenvalue weighted by Gasteiger charge is 2.55. The largest absolute Gasteiger partial charge is 0.458 e. The average molecular weight is 407 g/mol. The zero-order valence-corrected chi connectivity index (χ0v) is 19.1. The van der Waals surface area contributed by atoms with Crippen LogP contribution >= 0.6 is 0 Å². The Morgan fingerprint density at radius 2 is 1.83 bits per heavy atom. The quantitative estimate of drug-likeness (QED) is 0.510. The lowest BCUT2D eigenvalue weighted by Crippen LogP contribution is -2.55. The molecule has 0 bridgehead atoms. The normalized spacial score (nSPS) is 33.3. The maximum atomic E-state index is 12.0. The number of aliphatic hydroxyl groups is 1. The molecule has 5 nitrogen and oxygen atoms in total. The number of hydrogen-bond donors (Lipinski definition) is 1. The molecule has 0 spiro atoms. The van der Waals surface area contributed by atoms with Crippen LogP contribution in [0, 0.1) is 16.7 Å². The number of rotatable bonds is 6. The van der Waals surface area contributed by atoms with Crippen LogP contribution in [0.3, 0.4) is 0 Å². The minimum absolute atomic E-state index is 0.0657. The first kappa shape index (κ1) is 23.7. The Hall–Kier alpha value is -1.62. The second kappa shape index (κ2) is 8.25. The SMILES string of the molecule is C=C[C@@](C)(O)CC[C@]1(C)C2=C([C@@H](OC(C)=O)[C@@H](OC(C)=O)[C@H]1C)C(C)(C)CCC2. The Balaban J connectivity index is 2.64. The van der Waals surface area contributed by atoms with Crippen LogP contribution in [0.2, 0.25) is 0 Å². The first-order valence-corrected chi connectivity index (χ1v) is 10.7. The van der Waals surface area contributed by atoms with Gasteiger partial charge >= 0.3 is 11.9 Å². The molecular weight excluding hydrogens is 368 g/mol. The van der Waals surface area contributed by atoms with Gasteiger partial charge in [-0.25, -0.2) is 0 Å². The monoisotopic (exact) mass is 406 g/mol. The zero-order valence-electron chi connectivity index (χ0n) is 19.1. The minimum Gasteiger partial charge on any atom is -0.458 e. The molecule has 0 fully saturated rings. The summed E-state index contributed by atoms with van der Waals surface area (Å²) in [7, 11) is 0. The van der Waals surface area contributed by atoms with E-state index in [-0.39, 0.29) is 28.7 Å². The van der Waals surface area contributed by atoms with Crippen molar-refractivity contribution in [2.75, 3.05) is 0 Å². The number of ether oxygens (including phenoxy) is 2. The predicted molar refractivity (Wildman–Crippen MR) is 113 cm³/mol. The first-order chi connectivity index (χ1) is 13.2. The van der Waals surface area contributed by atoms with Crippen molar-refractivity contribution < 1.29 is 24.2 Å². The molecule has 5 heteroatoms. The van der Waals surface area contributed by atoms with Crippen LogP contribution in [0.4, 0.5) is 0 Å². The number of carbonyl (C=O) groups excluding carboxylic acids is 2. The van der Waals surface area contributed by atoms with Crippen LogP contribution in [-0.4, -0.2) is 34.9 Å². The Bertz CT molecular complexity index is 702. The highest BCUT2D eigenvalue weighted by molar-refractivity contribution is 5.68. The summed E-state index contributed by atoms with van der Waals surface area (Å²) in [6, 6.07) is 0. The Labute approximate surface area is 175 Å². The van der Waals surface area contributed by atoms with Gasteiger partial charge in [0.25, 0.3) is 0 Å². The molecule has 2 aliphatic carbocycles. The van der Waals surface area contributed by atoms with Gasteiger partial charge in [-0.2, -0.15) is 0 Å². The maximum absolute atomic E-state index is 12.0. The van der Waals surface area contributed by atoms with Gasteiger partial charge in [0.1, 0.15) is 6.10 Å². The third-order valence-corrected chi connectivity index (χ3v) is 7.24. The van der Waals surface area contributed by atoms with Crippen molar-refractivity contribution in [3.8, 4) is 0 Å². The van der Waals surface area contributed by atoms with Crippen molar-refractivity contribution in [2.24, 2.45) is 16.7 Å². The fourth-order valence-corrected chi connectivity index (χ4v) is 5.25. The molecule has 0 saturated carbocycles. The number of hydrogen-bond acceptors (Lipinski definition) is 5. The van der Waals surface area contributed by atoms with E-state index >= 15 is 0 Å². The lowest BCUT2D eigenvalue weighted by atomic mass is 9.53. The molecular formula is C24H38O5. The fraction of sp³-hybridized carbons (Fsp3) is 0.750. The summed E-state index contributed by atoms with van der Waals surface area (Å²) in [5.74, 6) is -0.813. The van der Waals surface area contributed by atoms with Crippen LogP contribution in [0.15, 0.2) is 23.8 Å². The van der Waals surface area contributed by atoms with E-state index in [1.807, 2.05) is 0 Å². The molecule has 164 valence electrons. The Morgan fingerprint density at radius 1 is 1.24 bits per heavy atom. The molecule has 2 rings (SSSR count). The van der Waals surface area contributed by atoms with Crippen LogP contribution in [0.1, 0.15) is 80.6 Å². The second-order valence-electron chi connectivity index (χ2n) is 10.0. The van der Waals surface area contributed by atoms with Gasteiger partial charge in [-0.3, -0.25) is 9.59 Å². The molecule has 0 aliphatic heterocycles. The minimum atomic E-state index is -0.961. The van der Waals surface area contributed by atoms with Crippen molar-refractivity contribution >= 4 is 11.9 Å².